The molecular formula is C23H22N4O3S. The van der Waals surface area contributed by atoms with Crippen LogP contribution in [0.2, 0.25) is 0 Å². The average molecular weight is 435 g/mol. The van der Waals surface area contributed by atoms with Crippen molar-refractivity contribution in [1.82, 2.24) is 9.97 Å². The number of hydrogen-bond acceptors (Lipinski definition) is 5. The number of hydrogen-bond donors (Lipinski definition) is 3. The number of carbonyl (C=O) groups excluding carboxylic acids is 2. The maximum Gasteiger partial charge on any atom is 0.257 e. The lowest BCUT2D eigenvalue weighted by atomic mass is 9.92. The minimum atomic E-state index is -0.908. The zero-order valence-electron chi connectivity index (χ0n) is 17.2. The average Bonchev–Trinajstić information content (AvgIpc) is 2.71. The summed E-state index contributed by atoms with van der Waals surface area (Å²) >= 11 is 1.36. The van der Waals surface area contributed by atoms with Crippen LogP contribution in [0.1, 0.15) is 34.6 Å². The van der Waals surface area contributed by atoms with Crippen LogP contribution in [0.25, 0.3) is 0 Å². The molecule has 3 N–H and O–H groups in total. The summed E-state index contributed by atoms with van der Waals surface area (Å²) in [6.07, 6.45) is -0.106. The Morgan fingerprint density at radius 1 is 1.13 bits per heavy atom. The van der Waals surface area contributed by atoms with E-state index in [1.165, 1.54) is 11.8 Å². The van der Waals surface area contributed by atoms with Crippen molar-refractivity contribution in [2.45, 2.75) is 37.1 Å². The molecule has 0 saturated carbocycles. The third kappa shape index (κ3) is 4.86. The lowest BCUT2D eigenvalue weighted by Crippen LogP contribution is -2.36. The Labute approximate surface area is 183 Å². The number of nitrogens with zero attached hydrogens (tertiary/aromatic N) is 1. The van der Waals surface area contributed by atoms with Crippen LogP contribution in [0.15, 0.2) is 58.5 Å². The van der Waals surface area contributed by atoms with E-state index in [-0.39, 0.29) is 23.7 Å². The molecule has 2 amide bonds. The maximum absolute atomic E-state index is 13.0. The molecule has 1 aromatic heterocycles. The number of aromatic nitrogens is 2. The highest BCUT2D eigenvalue weighted by Crippen LogP contribution is 2.31. The normalized spacial score (nSPS) is 15.2. The highest BCUT2D eigenvalue weighted by atomic mass is 32.2. The van der Waals surface area contributed by atoms with Crippen LogP contribution >= 0.6 is 11.8 Å². The van der Waals surface area contributed by atoms with Crippen molar-refractivity contribution >= 4 is 35.1 Å². The number of rotatable bonds is 5. The van der Waals surface area contributed by atoms with E-state index in [4.69, 9.17) is 0 Å². The van der Waals surface area contributed by atoms with Gasteiger partial charge in [0.05, 0.1) is 11.5 Å². The van der Waals surface area contributed by atoms with Crippen molar-refractivity contribution in [2.24, 2.45) is 0 Å². The third-order valence-electron chi connectivity index (χ3n) is 4.95. The molecule has 1 atom stereocenters. The number of aryl methyl sites for hydroxylation is 2. The van der Waals surface area contributed by atoms with Gasteiger partial charge in [0.25, 0.3) is 5.56 Å². The predicted octanol–water partition coefficient (Wildman–Crippen LogP) is 3.74. The molecule has 0 aliphatic carbocycles. The van der Waals surface area contributed by atoms with Crippen molar-refractivity contribution in [3.8, 4) is 0 Å². The molecule has 1 aliphatic rings. The van der Waals surface area contributed by atoms with Gasteiger partial charge < -0.3 is 15.6 Å². The fourth-order valence-electron chi connectivity index (χ4n) is 3.65. The standard InChI is InChI=1S/C23H22N4O3S/c1-13-8-14(2)10-16(9-13)24-21(29)17-11-18(28)25-20-19(17)22(30)27-23(26-20)31-12-15-6-4-3-5-7-15/h3-10,17H,11-12H2,1-2H3,(H,24,29)(H2,25,26,27,28,30)/t17-/m0/s1. The van der Waals surface area contributed by atoms with Crippen molar-refractivity contribution in [3.63, 3.8) is 0 Å². The first-order valence-corrected chi connectivity index (χ1v) is 10.9. The molecule has 4 rings (SSSR count). The van der Waals surface area contributed by atoms with Crippen LogP contribution in [0.4, 0.5) is 11.5 Å². The first-order chi connectivity index (χ1) is 14.9. The fourth-order valence-corrected chi connectivity index (χ4v) is 4.46. The smallest absolute Gasteiger partial charge is 0.257 e. The van der Waals surface area contributed by atoms with E-state index in [0.717, 1.165) is 16.7 Å². The van der Waals surface area contributed by atoms with Gasteiger partial charge >= 0.3 is 0 Å². The van der Waals surface area contributed by atoms with Crippen molar-refractivity contribution < 1.29 is 9.59 Å². The van der Waals surface area contributed by atoms with E-state index in [0.29, 0.717) is 16.6 Å². The van der Waals surface area contributed by atoms with E-state index in [1.807, 2.05) is 62.4 Å². The van der Waals surface area contributed by atoms with E-state index in [2.05, 4.69) is 20.6 Å². The lowest BCUT2D eigenvalue weighted by Gasteiger charge is -2.23. The minimum absolute atomic E-state index is 0.106. The maximum atomic E-state index is 13.0. The van der Waals surface area contributed by atoms with Gasteiger partial charge in [0.2, 0.25) is 11.8 Å². The largest absolute Gasteiger partial charge is 0.326 e. The van der Waals surface area contributed by atoms with Crippen LogP contribution in [-0.2, 0) is 15.3 Å². The van der Waals surface area contributed by atoms with Crippen molar-refractivity contribution in [1.29, 1.82) is 0 Å². The Kier molecular flexibility index (Phi) is 5.90. The molecule has 0 unspecified atom stereocenters. The number of thioether (sulfide) groups is 1. The summed E-state index contributed by atoms with van der Waals surface area (Å²) in [6, 6.07) is 15.5. The van der Waals surface area contributed by atoms with Crippen LogP contribution in [0, 0.1) is 13.8 Å². The quantitative estimate of drug-likeness (QED) is 0.419. The Morgan fingerprint density at radius 3 is 2.55 bits per heavy atom. The van der Waals surface area contributed by atoms with Gasteiger partial charge in [-0.2, -0.15) is 0 Å². The highest BCUT2D eigenvalue weighted by molar-refractivity contribution is 7.98. The van der Waals surface area contributed by atoms with Gasteiger partial charge in [-0.05, 0) is 42.7 Å². The molecule has 31 heavy (non-hydrogen) atoms. The van der Waals surface area contributed by atoms with Crippen LogP contribution in [-0.4, -0.2) is 21.8 Å². The molecule has 2 heterocycles. The summed E-state index contributed by atoms with van der Waals surface area (Å²) in [4.78, 5) is 45.2. The van der Waals surface area contributed by atoms with Gasteiger partial charge in [-0.1, -0.05) is 48.2 Å². The summed E-state index contributed by atoms with van der Waals surface area (Å²) in [5, 5.41) is 5.87. The summed E-state index contributed by atoms with van der Waals surface area (Å²) in [7, 11) is 0. The molecule has 158 valence electrons. The van der Waals surface area contributed by atoms with E-state index < -0.39 is 17.4 Å². The van der Waals surface area contributed by atoms with Gasteiger partial charge in [-0.15, -0.1) is 0 Å². The van der Waals surface area contributed by atoms with Gasteiger partial charge in [0, 0.05) is 17.9 Å². The summed E-state index contributed by atoms with van der Waals surface area (Å²) in [5.41, 5.74) is 3.51. The first kappa shape index (κ1) is 20.9. The van der Waals surface area contributed by atoms with Gasteiger partial charge in [-0.25, -0.2) is 4.98 Å². The molecule has 2 aromatic carbocycles. The summed E-state index contributed by atoms with van der Waals surface area (Å²) in [5.74, 6) is -0.888. The van der Waals surface area contributed by atoms with Crippen LogP contribution < -0.4 is 16.2 Å². The van der Waals surface area contributed by atoms with Crippen molar-refractivity contribution in [2.75, 3.05) is 10.6 Å². The Bertz CT molecular complexity index is 1190. The zero-order valence-corrected chi connectivity index (χ0v) is 18.0. The highest BCUT2D eigenvalue weighted by Gasteiger charge is 2.34. The molecule has 0 saturated heterocycles. The molecule has 8 heteroatoms. The number of benzene rings is 2. The topological polar surface area (TPSA) is 104 Å². The zero-order chi connectivity index (χ0) is 22.0. The molecule has 7 nitrogen and oxygen atoms in total. The second-order valence-electron chi connectivity index (χ2n) is 7.58. The molecular weight excluding hydrogens is 412 g/mol. The molecule has 1 aliphatic heterocycles. The number of nitrogens with one attached hydrogen (secondary N) is 3. The third-order valence-corrected chi connectivity index (χ3v) is 5.90. The number of carbonyl (C=O) groups is 2. The number of amides is 2. The Hall–Kier alpha value is -3.39. The van der Waals surface area contributed by atoms with E-state index >= 15 is 0 Å². The number of anilines is 2. The molecule has 0 fully saturated rings. The molecule has 0 bridgehead atoms. The van der Waals surface area contributed by atoms with Gasteiger partial charge in [0.1, 0.15) is 5.82 Å². The monoisotopic (exact) mass is 434 g/mol. The first-order valence-electron chi connectivity index (χ1n) is 9.89. The molecule has 3 aromatic rings. The predicted molar refractivity (Wildman–Crippen MR) is 121 cm³/mol. The van der Waals surface area contributed by atoms with Crippen molar-refractivity contribution in [3.05, 3.63) is 81.1 Å². The summed E-state index contributed by atoms with van der Waals surface area (Å²) in [6.45, 7) is 3.88. The number of fused-ring (bicyclic) bond motifs is 1. The fraction of sp³-hybridized carbons (Fsp3) is 0.217. The lowest BCUT2D eigenvalue weighted by molar-refractivity contribution is -0.123. The van der Waals surface area contributed by atoms with Crippen LogP contribution in [0.3, 0.4) is 0 Å². The van der Waals surface area contributed by atoms with E-state index in [1.54, 1.807) is 0 Å². The summed E-state index contributed by atoms with van der Waals surface area (Å²) < 4.78 is 0. The Morgan fingerprint density at radius 2 is 1.84 bits per heavy atom. The van der Waals surface area contributed by atoms with Gasteiger partial charge in [0.15, 0.2) is 5.16 Å². The van der Waals surface area contributed by atoms with Crippen LogP contribution in [0.5, 0.6) is 0 Å². The number of H-pyrrole nitrogens is 1. The second-order valence-corrected chi connectivity index (χ2v) is 8.54. The minimum Gasteiger partial charge on any atom is -0.326 e. The molecule has 0 spiro atoms. The van der Waals surface area contributed by atoms with Gasteiger partial charge in [-0.3, -0.25) is 14.4 Å². The Balaban J connectivity index is 1.59. The van der Waals surface area contributed by atoms with E-state index in [9.17, 15) is 14.4 Å². The second kappa shape index (κ2) is 8.77. The SMILES string of the molecule is Cc1cc(C)cc(NC(=O)[C@H]2CC(=O)Nc3nc(SCc4ccccc4)[nH]c(=O)c32)c1. The number of aromatic amines is 1. The molecule has 0 radical (unpaired) electrons.